The van der Waals surface area contributed by atoms with Gasteiger partial charge in [-0.05, 0) is 28.1 Å². The minimum absolute atomic E-state index is 0.00921. The number of halogens is 1. The van der Waals surface area contributed by atoms with Crippen LogP contribution in [-0.2, 0) is 0 Å². The van der Waals surface area contributed by atoms with Crippen LogP contribution in [0.15, 0.2) is 33.5 Å². The first-order valence-corrected chi connectivity index (χ1v) is 4.26. The molecule has 0 spiro atoms. The number of fused-ring (bicyclic) bond motifs is 1. The Hall–Kier alpha value is -1.09. The van der Waals surface area contributed by atoms with E-state index in [0.29, 0.717) is 5.39 Å². The maximum Gasteiger partial charge on any atom is 0.190 e. The second kappa shape index (κ2) is 2.75. The monoisotopic (exact) mass is 222 g/mol. The Balaban J connectivity index is 3.05. The standard InChI is InChI=1S/C9H5BrNO/c10-7-3-1-2-6-8(12)4-5-11-9(6)7/h1-4H,(H,11,12). The first-order valence-electron chi connectivity index (χ1n) is 3.46. The molecular weight excluding hydrogens is 218 g/mol. The van der Waals surface area contributed by atoms with Crippen LogP contribution in [0.2, 0.25) is 0 Å². The maximum absolute atomic E-state index is 11.3. The van der Waals surface area contributed by atoms with Gasteiger partial charge in [-0.2, -0.15) is 0 Å². The Kier molecular flexibility index (Phi) is 1.73. The lowest BCUT2D eigenvalue weighted by Gasteiger charge is -1.97. The van der Waals surface area contributed by atoms with Crippen LogP contribution in [0.25, 0.3) is 10.9 Å². The smallest absolute Gasteiger partial charge is 0.190 e. The molecule has 0 saturated carbocycles. The lowest BCUT2D eigenvalue weighted by Crippen LogP contribution is -1.99. The van der Waals surface area contributed by atoms with Gasteiger partial charge in [-0.15, -0.1) is 0 Å². The van der Waals surface area contributed by atoms with E-state index in [1.165, 1.54) is 6.07 Å². The van der Waals surface area contributed by atoms with Crippen LogP contribution in [0.1, 0.15) is 0 Å². The van der Waals surface area contributed by atoms with E-state index in [1.807, 2.05) is 12.1 Å². The molecular formula is C9H5BrNO. The molecule has 0 amide bonds. The molecule has 3 heteroatoms. The second-order valence-electron chi connectivity index (χ2n) is 2.44. The largest absolute Gasteiger partial charge is 0.352 e. The molecule has 0 aliphatic rings. The fourth-order valence-electron chi connectivity index (χ4n) is 1.11. The van der Waals surface area contributed by atoms with Gasteiger partial charge in [0.25, 0.3) is 0 Å². The molecule has 2 rings (SSSR count). The molecule has 0 unspecified atom stereocenters. The second-order valence-corrected chi connectivity index (χ2v) is 3.29. The molecule has 0 atom stereocenters. The van der Waals surface area contributed by atoms with Crippen LogP contribution < -0.4 is 5.43 Å². The number of para-hydroxylation sites is 1. The third-order valence-electron chi connectivity index (χ3n) is 1.68. The third kappa shape index (κ3) is 1.06. The topological polar surface area (TPSA) is 32.9 Å². The van der Waals surface area contributed by atoms with Gasteiger partial charge in [0, 0.05) is 15.9 Å². The van der Waals surface area contributed by atoms with Crippen LogP contribution in [0.3, 0.4) is 0 Å². The molecule has 59 valence electrons. The molecule has 2 nitrogen and oxygen atoms in total. The molecule has 1 heterocycles. The summed E-state index contributed by atoms with van der Waals surface area (Å²) in [6.45, 7) is 0. The Morgan fingerprint density at radius 2 is 2.25 bits per heavy atom. The van der Waals surface area contributed by atoms with E-state index in [2.05, 4.69) is 27.1 Å². The van der Waals surface area contributed by atoms with Gasteiger partial charge < -0.3 is 4.98 Å². The molecule has 1 aromatic carbocycles. The summed E-state index contributed by atoms with van der Waals surface area (Å²) in [4.78, 5) is 14.1. The summed E-state index contributed by atoms with van der Waals surface area (Å²) in [5.74, 6) is 0. The molecule has 12 heavy (non-hydrogen) atoms. The van der Waals surface area contributed by atoms with Crippen LogP contribution in [-0.4, -0.2) is 4.98 Å². The zero-order valence-corrected chi connectivity index (χ0v) is 7.68. The van der Waals surface area contributed by atoms with Gasteiger partial charge in [0.1, 0.15) is 0 Å². The zero-order valence-electron chi connectivity index (χ0n) is 6.10. The Bertz CT molecular complexity index is 475. The predicted octanol–water partition coefficient (Wildman–Crippen LogP) is 2.09. The van der Waals surface area contributed by atoms with Gasteiger partial charge >= 0.3 is 0 Å². The van der Waals surface area contributed by atoms with Crippen molar-refractivity contribution in [3.8, 4) is 0 Å². The number of rotatable bonds is 0. The average Bonchev–Trinajstić information content (AvgIpc) is 2.07. The van der Waals surface area contributed by atoms with E-state index in [1.54, 1.807) is 6.07 Å². The first-order chi connectivity index (χ1) is 5.79. The van der Waals surface area contributed by atoms with Crippen molar-refractivity contribution >= 4 is 26.8 Å². The first kappa shape index (κ1) is 7.55. The van der Waals surface area contributed by atoms with Gasteiger partial charge in [0.15, 0.2) is 5.43 Å². The fourth-order valence-corrected chi connectivity index (χ4v) is 1.57. The van der Waals surface area contributed by atoms with Crippen molar-refractivity contribution in [2.45, 2.75) is 0 Å². The Morgan fingerprint density at radius 1 is 1.42 bits per heavy atom. The van der Waals surface area contributed by atoms with Crippen molar-refractivity contribution in [1.29, 1.82) is 0 Å². The van der Waals surface area contributed by atoms with Gasteiger partial charge in [0.2, 0.25) is 0 Å². The number of nitrogens with one attached hydrogen (secondary N) is 1. The fraction of sp³-hybridized carbons (Fsp3) is 0. The molecule has 0 aliphatic carbocycles. The summed E-state index contributed by atoms with van der Waals surface area (Å²) in [6, 6.07) is 6.90. The van der Waals surface area contributed by atoms with Crippen LogP contribution in [0, 0.1) is 6.20 Å². The summed E-state index contributed by atoms with van der Waals surface area (Å²) in [7, 11) is 0. The summed E-state index contributed by atoms with van der Waals surface area (Å²) in [5, 5.41) is 0.683. The molecule has 1 aromatic heterocycles. The molecule has 1 N–H and O–H groups in total. The quantitative estimate of drug-likeness (QED) is 0.728. The number of benzene rings is 1. The summed E-state index contributed by atoms with van der Waals surface area (Å²) < 4.78 is 0.883. The SMILES string of the molecule is O=c1c[c][nH]c2c(Br)cccc12. The number of hydrogen-bond donors (Lipinski definition) is 1. The summed E-state index contributed by atoms with van der Waals surface area (Å²) in [6.07, 6.45) is 2.68. The van der Waals surface area contributed by atoms with Crippen LogP contribution in [0.4, 0.5) is 0 Å². The number of aromatic nitrogens is 1. The highest BCUT2D eigenvalue weighted by atomic mass is 79.9. The average molecular weight is 223 g/mol. The highest BCUT2D eigenvalue weighted by molar-refractivity contribution is 9.10. The maximum atomic E-state index is 11.3. The summed E-state index contributed by atoms with van der Waals surface area (Å²) in [5.41, 5.74) is 0.787. The molecule has 0 aliphatic heterocycles. The number of hydrogen-bond acceptors (Lipinski definition) is 1. The van der Waals surface area contributed by atoms with Crippen molar-refractivity contribution in [2.24, 2.45) is 0 Å². The van der Waals surface area contributed by atoms with Crippen molar-refractivity contribution < 1.29 is 0 Å². The molecule has 0 fully saturated rings. The minimum Gasteiger partial charge on any atom is -0.352 e. The van der Waals surface area contributed by atoms with E-state index >= 15 is 0 Å². The number of H-pyrrole nitrogens is 1. The van der Waals surface area contributed by atoms with E-state index in [-0.39, 0.29) is 5.43 Å². The summed E-state index contributed by atoms with van der Waals surface area (Å²) >= 11 is 3.34. The van der Waals surface area contributed by atoms with Gasteiger partial charge in [-0.3, -0.25) is 4.79 Å². The van der Waals surface area contributed by atoms with Crippen LogP contribution >= 0.6 is 15.9 Å². The molecule has 0 saturated heterocycles. The lowest BCUT2D eigenvalue weighted by molar-refractivity contribution is 1.36. The Morgan fingerprint density at radius 3 is 3.00 bits per heavy atom. The van der Waals surface area contributed by atoms with Crippen molar-refractivity contribution in [3.63, 3.8) is 0 Å². The van der Waals surface area contributed by atoms with Crippen LogP contribution in [0.5, 0.6) is 0 Å². The number of aromatic amines is 1. The minimum atomic E-state index is -0.00921. The molecule has 0 bridgehead atoms. The van der Waals surface area contributed by atoms with Gasteiger partial charge in [-0.25, -0.2) is 0 Å². The Labute approximate surface area is 77.4 Å². The van der Waals surface area contributed by atoms with E-state index in [0.717, 1.165) is 9.99 Å². The lowest BCUT2D eigenvalue weighted by atomic mass is 10.2. The molecule has 2 aromatic rings. The van der Waals surface area contributed by atoms with E-state index in [9.17, 15) is 4.79 Å². The predicted molar refractivity (Wildman–Crippen MR) is 51.1 cm³/mol. The molecule has 1 radical (unpaired) electrons. The van der Waals surface area contributed by atoms with Crippen molar-refractivity contribution in [3.05, 3.63) is 45.2 Å². The number of pyridine rings is 1. The highest BCUT2D eigenvalue weighted by Crippen LogP contribution is 2.18. The normalized spacial score (nSPS) is 10.4. The van der Waals surface area contributed by atoms with Gasteiger partial charge in [0.05, 0.1) is 11.7 Å². The third-order valence-corrected chi connectivity index (χ3v) is 2.34. The van der Waals surface area contributed by atoms with E-state index < -0.39 is 0 Å². The van der Waals surface area contributed by atoms with Crippen molar-refractivity contribution in [1.82, 2.24) is 4.98 Å². The zero-order chi connectivity index (χ0) is 8.55. The van der Waals surface area contributed by atoms with E-state index in [4.69, 9.17) is 0 Å². The highest BCUT2D eigenvalue weighted by Gasteiger charge is 1.99. The van der Waals surface area contributed by atoms with Gasteiger partial charge in [-0.1, -0.05) is 6.07 Å². The van der Waals surface area contributed by atoms with Crippen molar-refractivity contribution in [2.75, 3.05) is 0 Å².